The Hall–Kier alpha value is -1.47. The summed E-state index contributed by atoms with van der Waals surface area (Å²) >= 11 is 0. The van der Waals surface area contributed by atoms with Gasteiger partial charge in [0.2, 0.25) is 0 Å². The van der Waals surface area contributed by atoms with Crippen LogP contribution in [0.3, 0.4) is 0 Å². The molecule has 1 N–H and O–H groups in total. The van der Waals surface area contributed by atoms with E-state index >= 15 is 0 Å². The lowest BCUT2D eigenvalue weighted by molar-refractivity contribution is -0.136. The lowest BCUT2D eigenvalue weighted by Crippen LogP contribution is -2.50. The van der Waals surface area contributed by atoms with E-state index in [1.165, 1.54) is 11.8 Å². The van der Waals surface area contributed by atoms with Crippen LogP contribution in [0.25, 0.3) is 0 Å². The van der Waals surface area contributed by atoms with Crippen molar-refractivity contribution in [3.05, 3.63) is 23.8 Å². The topological polar surface area (TPSA) is 89.5 Å². The van der Waals surface area contributed by atoms with Crippen molar-refractivity contribution in [3.8, 4) is 0 Å². The summed E-state index contributed by atoms with van der Waals surface area (Å²) in [6, 6.07) is -0.281. The molecule has 2 unspecified atom stereocenters. The fourth-order valence-electron chi connectivity index (χ4n) is 5.66. The summed E-state index contributed by atoms with van der Waals surface area (Å²) in [5, 5.41) is 3.29. The van der Waals surface area contributed by atoms with Gasteiger partial charge in [-0.3, -0.25) is 4.79 Å². The van der Waals surface area contributed by atoms with Crippen LogP contribution >= 0.6 is 0 Å². The van der Waals surface area contributed by atoms with Gasteiger partial charge in [0.25, 0.3) is 0 Å². The van der Waals surface area contributed by atoms with E-state index in [4.69, 9.17) is 4.74 Å². The van der Waals surface area contributed by atoms with Gasteiger partial charge in [0.15, 0.2) is 0 Å². The van der Waals surface area contributed by atoms with Crippen LogP contribution in [-0.4, -0.2) is 51.4 Å². The first-order valence-electron chi connectivity index (χ1n) is 10.5. The first kappa shape index (κ1) is 22.2. The molecule has 0 spiro atoms. The van der Waals surface area contributed by atoms with E-state index < -0.39 is 9.84 Å². The molecule has 1 heterocycles. The van der Waals surface area contributed by atoms with Crippen LogP contribution in [0.15, 0.2) is 23.8 Å². The lowest BCUT2D eigenvalue weighted by atomic mass is 9.50. The minimum atomic E-state index is -3.10. The third kappa shape index (κ3) is 4.66. The number of allylic oxidation sites excluding steroid dienone is 1. The molecule has 0 aromatic heterocycles. The number of nitrogens with one attached hydrogen (secondary N) is 1. The molecule has 3 rings (SSSR count). The van der Waals surface area contributed by atoms with Crippen molar-refractivity contribution in [1.82, 2.24) is 5.32 Å². The van der Waals surface area contributed by atoms with Gasteiger partial charge in [0.1, 0.15) is 22.2 Å². The summed E-state index contributed by atoms with van der Waals surface area (Å²) in [4.78, 5) is 24.6. The lowest BCUT2D eigenvalue weighted by Gasteiger charge is -2.54. The molecule has 0 amide bonds. The molecule has 0 saturated heterocycles. The number of fused-ring (bicyclic) bond motifs is 1. The highest BCUT2D eigenvalue weighted by Gasteiger charge is 2.51. The van der Waals surface area contributed by atoms with Crippen LogP contribution in [0, 0.1) is 23.2 Å². The number of hydrogen-bond donors (Lipinski definition) is 1. The van der Waals surface area contributed by atoms with Crippen molar-refractivity contribution < 1.29 is 22.7 Å². The van der Waals surface area contributed by atoms with Crippen LogP contribution in [0.4, 0.5) is 0 Å². The molecular weight excluding hydrogens is 390 g/mol. The third-order valence-electron chi connectivity index (χ3n) is 7.40. The standard InChI is InChI=1S/C22H33NO5S/c1-14-5-6-17-15(2)20(24)7-9-22(17,3)18(14)13-19(16-8-11-28-21(16)25)23-10-12-29(4,26)27/h8,15,17-19,23H,1,5-7,9-13H2,2-4H3/t15-,17?,18-,19?,22+/m1/s1. The molecule has 2 aliphatic carbocycles. The van der Waals surface area contributed by atoms with Crippen molar-refractivity contribution in [3.63, 3.8) is 0 Å². The Labute approximate surface area is 174 Å². The van der Waals surface area contributed by atoms with E-state index in [2.05, 4.69) is 18.8 Å². The average molecular weight is 424 g/mol. The quantitative estimate of drug-likeness (QED) is 0.500. The largest absolute Gasteiger partial charge is 0.458 e. The fraction of sp³-hybridized carbons (Fsp3) is 0.727. The molecule has 5 atom stereocenters. The zero-order valence-corrected chi connectivity index (χ0v) is 18.5. The van der Waals surface area contributed by atoms with Gasteiger partial charge in [0.05, 0.1) is 11.3 Å². The van der Waals surface area contributed by atoms with Crippen molar-refractivity contribution in [2.24, 2.45) is 23.2 Å². The Morgan fingerprint density at radius 1 is 1.34 bits per heavy atom. The summed E-state index contributed by atoms with van der Waals surface area (Å²) in [5.41, 5.74) is 1.71. The van der Waals surface area contributed by atoms with Crippen LogP contribution in [0.5, 0.6) is 0 Å². The number of Topliss-reactive ketones (excluding diaryl/α,β-unsaturated/α-hetero) is 1. The molecule has 0 bridgehead atoms. The molecular formula is C22H33NO5S. The maximum absolute atomic E-state index is 12.3. The zero-order valence-electron chi connectivity index (χ0n) is 17.7. The summed E-state index contributed by atoms with van der Waals surface area (Å²) in [6.45, 7) is 9.21. The van der Waals surface area contributed by atoms with Gasteiger partial charge < -0.3 is 10.1 Å². The molecule has 0 radical (unpaired) electrons. The molecule has 162 valence electrons. The van der Waals surface area contributed by atoms with E-state index in [1.54, 1.807) is 6.08 Å². The van der Waals surface area contributed by atoms with Gasteiger partial charge in [-0.1, -0.05) is 26.0 Å². The highest BCUT2D eigenvalue weighted by Crippen LogP contribution is 2.57. The van der Waals surface area contributed by atoms with Crippen molar-refractivity contribution >= 4 is 21.6 Å². The highest BCUT2D eigenvalue weighted by molar-refractivity contribution is 7.90. The molecule has 6 nitrogen and oxygen atoms in total. The van der Waals surface area contributed by atoms with Gasteiger partial charge in [-0.05, 0) is 49.0 Å². The molecule has 7 heteroatoms. The van der Waals surface area contributed by atoms with Gasteiger partial charge in [-0.15, -0.1) is 0 Å². The summed E-state index contributed by atoms with van der Waals surface area (Å²) < 4.78 is 28.2. The molecule has 3 aliphatic rings. The number of hydrogen-bond acceptors (Lipinski definition) is 6. The van der Waals surface area contributed by atoms with E-state index in [0.717, 1.165) is 19.3 Å². The van der Waals surface area contributed by atoms with Crippen molar-refractivity contribution in [1.29, 1.82) is 0 Å². The van der Waals surface area contributed by atoms with Crippen LogP contribution in [0.1, 0.15) is 46.0 Å². The average Bonchev–Trinajstić information content (AvgIpc) is 3.05. The molecule has 0 aromatic rings. The summed E-state index contributed by atoms with van der Waals surface area (Å²) in [5.74, 6) is 0.572. The highest BCUT2D eigenvalue weighted by atomic mass is 32.2. The van der Waals surface area contributed by atoms with E-state index in [0.29, 0.717) is 30.1 Å². The van der Waals surface area contributed by atoms with Gasteiger partial charge in [-0.2, -0.15) is 0 Å². The summed E-state index contributed by atoms with van der Waals surface area (Å²) in [7, 11) is -3.10. The Balaban J connectivity index is 1.83. The monoisotopic (exact) mass is 423 g/mol. The SMILES string of the molecule is C=C1CCC2[C@@H](C)C(=O)CC[C@]2(C)[C@@H]1CC(NCCS(C)(=O)=O)C1=CCOC1=O. The van der Waals surface area contributed by atoms with Crippen LogP contribution < -0.4 is 5.32 Å². The predicted molar refractivity (Wildman–Crippen MR) is 112 cm³/mol. The first-order valence-corrected chi connectivity index (χ1v) is 12.6. The number of carbonyl (C=O) groups is 2. The Bertz CT molecular complexity index is 830. The van der Waals surface area contributed by atoms with Crippen LogP contribution in [0.2, 0.25) is 0 Å². The smallest absolute Gasteiger partial charge is 0.335 e. The minimum absolute atomic E-state index is 0.0167. The number of esters is 1. The molecule has 0 aromatic carbocycles. The molecule has 29 heavy (non-hydrogen) atoms. The van der Waals surface area contributed by atoms with Gasteiger partial charge in [-0.25, -0.2) is 13.2 Å². The zero-order chi connectivity index (χ0) is 21.4. The molecule has 2 saturated carbocycles. The predicted octanol–water partition coefficient (Wildman–Crippen LogP) is 2.45. The summed E-state index contributed by atoms with van der Waals surface area (Å²) in [6.07, 6.45) is 6.97. The van der Waals surface area contributed by atoms with E-state index in [-0.39, 0.29) is 48.2 Å². The number of sulfone groups is 1. The van der Waals surface area contributed by atoms with Gasteiger partial charge in [0, 0.05) is 31.2 Å². The minimum Gasteiger partial charge on any atom is -0.458 e. The third-order valence-corrected chi connectivity index (χ3v) is 8.34. The normalized spacial score (nSPS) is 33.8. The fourth-order valence-corrected chi connectivity index (χ4v) is 6.15. The maximum Gasteiger partial charge on any atom is 0.335 e. The van der Waals surface area contributed by atoms with Crippen molar-refractivity contribution in [2.45, 2.75) is 52.0 Å². The van der Waals surface area contributed by atoms with Crippen LogP contribution in [-0.2, 0) is 24.2 Å². The number of cyclic esters (lactones) is 1. The number of carbonyl (C=O) groups excluding carboxylic acids is 2. The Morgan fingerprint density at radius 2 is 2.07 bits per heavy atom. The Kier molecular flexibility index (Phi) is 6.39. The molecule has 1 aliphatic heterocycles. The second-order valence-electron chi connectivity index (χ2n) is 9.25. The first-order chi connectivity index (χ1) is 13.5. The maximum atomic E-state index is 12.3. The second kappa shape index (κ2) is 8.34. The van der Waals surface area contributed by atoms with E-state index in [9.17, 15) is 18.0 Å². The number of ketones is 1. The number of rotatable bonds is 7. The number of ether oxygens (including phenoxy) is 1. The van der Waals surface area contributed by atoms with E-state index in [1.807, 2.05) is 6.92 Å². The van der Waals surface area contributed by atoms with Gasteiger partial charge >= 0.3 is 5.97 Å². The second-order valence-corrected chi connectivity index (χ2v) is 11.5. The molecule has 2 fully saturated rings. The Morgan fingerprint density at radius 3 is 2.69 bits per heavy atom. The van der Waals surface area contributed by atoms with Crippen molar-refractivity contribution in [2.75, 3.05) is 25.2 Å².